The summed E-state index contributed by atoms with van der Waals surface area (Å²) in [6.07, 6.45) is 6.74. The number of likely N-dealkylation sites (tertiary alicyclic amines) is 1. The second kappa shape index (κ2) is 9.02. The summed E-state index contributed by atoms with van der Waals surface area (Å²) >= 11 is 0. The molecule has 0 bridgehead atoms. The van der Waals surface area contributed by atoms with Crippen LogP contribution in [0.25, 0.3) is 0 Å². The Labute approximate surface area is 160 Å². The fraction of sp³-hybridized carbons (Fsp3) is 0.571. The molecule has 0 radical (unpaired) electrons. The van der Waals surface area contributed by atoms with Gasteiger partial charge in [0, 0.05) is 25.6 Å². The molecule has 27 heavy (non-hydrogen) atoms. The number of benzene rings is 1. The molecule has 0 spiro atoms. The van der Waals surface area contributed by atoms with E-state index in [-0.39, 0.29) is 36.1 Å². The van der Waals surface area contributed by atoms with Crippen LogP contribution in [0.2, 0.25) is 0 Å². The van der Waals surface area contributed by atoms with Crippen LogP contribution in [0.15, 0.2) is 24.3 Å². The van der Waals surface area contributed by atoms with Gasteiger partial charge >= 0.3 is 0 Å². The number of anilines is 1. The molecule has 1 heterocycles. The third-order valence-electron chi connectivity index (χ3n) is 5.51. The molecule has 2 N–H and O–H groups in total. The molecule has 0 aromatic heterocycles. The lowest BCUT2D eigenvalue weighted by Gasteiger charge is -2.31. The van der Waals surface area contributed by atoms with Crippen LogP contribution >= 0.6 is 0 Å². The maximum atomic E-state index is 12.8. The van der Waals surface area contributed by atoms with Crippen LogP contribution in [-0.2, 0) is 9.59 Å². The summed E-state index contributed by atoms with van der Waals surface area (Å²) in [5, 5.41) is 5.71. The minimum atomic E-state index is -0.355. The number of hydrogen-bond donors (Lipinski definition) is 2. The highest BCUT2D eigenvalue weighted by molar-refractivity contribution is 6.05. The molecule has 1 aliphatic heterocycles. The fourth-order valence-corrected chi connectivity index (χ4v) is 4.01. The van der Waals surface area contributed by atoms with Gasteiger partial charge in [-0.05, 0) is 31.4 Å². The van der Waals surface area contributed by atoms with Crippen molar-refractivity contribution in [1.29, 1.82) is 0 Å². The zero-order valence-electron chi connectivity index (χ0n) is 16.0. The van der Waals surface area contributed by atoms with Crippen molar-refractivity contribution in [3.63, 3.8) is 0 Å². The number of rotatable bonds is 6. The summed E-state index contributed by atoms with van der Waals surface area (Å²) in [7, 11) is 0. The van der Waals surface area contributed by atoms with Gasteiger partial charge in [0.2, 0.25) is 11.8 Å². The molecule has 3 rings (SSSR count). The van der Waals surface area contributed by atoms with Crippen molar-refractivity contribution >= 4 is 23.4 Å². The summed E-state index contributed by atoms with van der Waals surface area (Å²) in [5.74, 6) is -0.654. The lowest BCUT2D eigenvalue weighted by molar-refractivity contribution is -0.130. The molecule has 1 atom stereocenters. The van der Waals surface area contributed by atoms with Gasteiger partial charge in [0.05, 0.1) is 17.2 Å². The Morgan fingerprint density at radius 1 is 1.15 bits per heavy atom. The van der Waals surface area contributed by atoms with Crippen LogP contribution < -0.4 is 10.6 Å². The molecule has 1 aromatic rings. The molecule has 1 aromatic carbocycles. The van der Waals surface area contributed by atoms with Gasteiger partial charge in [-0.3, -0.25) is 14.4 Å². The smallest absolute Gasteiger partial charge is 0.253 e. The van der Waals surface area contributed by atoms with Crippen molar-refractivity contribution in [2.24, 2.45) is 5.92 Å². The molecular weight excluding hydrogens is 342 g/mol. The van der Waals surface area contributed by atoms with Gasteiger partial charge in [-0.15, -0.1) is 0 Å². The standard InChI is InChI=1S/C21H29N3O3/c1-2-12-22-21(27)17-10-6-7-11-18(17)23-20(26)15-13-19(25)24(14-15)16-8-4-3-5-9-16/h6-7,10-11,15-16H,2-5,8-9,12-14H2,1H3,(H,22,27)(H,23,26). The average molecular weight is 371 g/mol. The minimum Gasteiger partial charge on any atom is -0.352 e. The second-order valence-electron chi connectivity index (χ2n) is 7.53. The van der Waals surface area contributed by atoms with E-state index in [0.717, 1.165) is 32.1 Å². The van der Waals surface area contributed by atoms with E-state index in [4.69, 9.17) is 0 Å². The van der Waals surface area contributed by atoms with E-state index in [1.54, 1.807) is 24.3 Å². The largest absolute Gasteiger partial charge is 0.352 e. The number of carbonyl (C=O) groups is 3. The van der Waals surface area contributed by atoms with Crippen LogP contribution in [0.4, 0.5) is 5.69 Å². The third kappa shape index (κ3) is 4.67. The number of hydrogen-bond acceptors (Lipinski definition) is 3. The number of carbonyl (C=O) groups excluding carboxylic acids is 3. The summed E-state index contributed by atoms with van der Waals surface area (Å²) in [5.41, 5.74) is 0.951. The number of nitrogens with zero attached hydrogens (tertiary/aromatic N) is 1. The van der Waals surface area contributed by atoms with Crippen molar-refractivity contribution < 1.29 is 14.4 Å². The predicted molar refractivity (Wildman–Crippen MR) is 104 cm³/mol. The Balaban J connectivity index is 1.64. The number of amides is 3. The van der Waals surface area contributed by atoms with Gasteiger partial charge in [0.25, 0.3) is 5.91 Å². The lowest BCUT2D eigenvalue weighted by Crippen LogP contribution is -2.38. The molecule has 2 fully saturated rings. The fourth-order valence-electron chi connectivity index (χ4n) is 4.01. The molecule has 1 aliphatic carbocycles. The summed E-state index contributed by atoms with van der Waals surface area (Å²) in [4.78, 5) is 39.4. The molecule has 3 amide bonds. The van der Waals surface area contributed by atoms with E-state index in [9.17, 15) is 14.4 Å². The van der Waals surface area contributed by atoms with Crippen molar-refractivity contribution in [1.82, 2.24) is 10.2 Å². The topological polar surface area (TPSA) is 78.5 Å². The lowest BCUT2D eigenvalue weighted by atomic mass is 9.94. The number of nitrogens with one attached hydrogen (secondary N) is 2. The van der Waals surface area contributed by atoms with Gasteiger partial charge in [-0.1, -0.05) is 38.3 Å². The highest BCUT2D eigenvalue weighted by Gasteiger charge is 2.38. The average Bonchev–Trinajstić information content (AvgIpc) is 3.09. The van der Waals surface area contributed by atoms with Gasteiger partial charge < -0.3 is 15.5 Å². The molecule has 1 saturated carbocycles. The summed E-state index contributed by atoms with van der Waals surface area (Å²) in [6.45, 7) is 3.07. The zero-order valence-corrected chi connectivity index (χ0v) is 16.0. The summed E-state index contributed by atoms with van der Waals surface area (Å²) < 4.78 is 0. The van der Waals surface area contributed by atoms with E-state index < -0.39 is 0 Å². The highest BCUT2D eigenvalue weighted by atomic mass is 16.2. The van der Waals surface area contributed by atoms with Crippen molar-refractivity contribution in [2.45, 2.75) is 57.9 Å². The Bertz CT molecular complexity index is 698. The van der Waals surface area contributed by atoms with Crippen molar-refractivity contribution in [3.8, 4) is 0 Å². The van der Waals surface area contributed by atoms with Crippen LogP contribution in [0.3, 0.4) is 0 Å². The summed E-state index contributed by atoms with van der Waals surface area (Å²) in [6, 6.07) is 7.29. The van der Waals surface area contributed by atoms with Crippen LogP contribution in [0.5, 0.6) is 0 Å². The molecule has 1 saturated heterocycles. The first kappa shape index (κ1) is 19.4. The maximum absolute atomic E-state index is 12.8. The molecule has 6 nitrogen and oxygen atoms in total. The van der Waals surface area contributed by atoms with Gasteiger partial charge in [-0.2, -0.15) is 0 Å². The quantitative estimate of drug-likeness (QED) is 0.807. The van der Waals surface area contributed by atoms with Crippen LogP contribution in [-0.4, -0.2) is 41.8 Å². The maximum Gasteiger partial charge on any atom is 0.253 e. The van der Waals surface area contributed by atoms with Crippen LogP contribution in [0.1, 0.15) is 62.2 Å². The second-order valence-corrected chi connectivity index (χ2v) is 7.53. The monoisotopic (exact) mass is 371 g/mol. The van der Waals surface area contributed by atoms with Crippen LogP contribution in [0, 0.1) is 5.92 Å². The molecule has 146 valence electrons. The Kier molecular flexibility index (Phi) is 6.48. The Morgan fingerprint density at radius 2 is 1.89 bits per heavy atom. The highest BCUT2D eigenvalue weighted by Crippen LogP contribution is 2.29. The Hall–Kier alpha value is -2.37. The molecular formula is C21H29N3O3. The first-order chi connectivity index (χ1) is 13.1. The van der Waals surface area contributed by atoms with E-state index in [0.29, 0.717) is 24.3 Å². The van der Waals surface area contributed by atoms with Gasteiger partial charge in [0.15, 0.2) is 0 Å². The van der Waals surface area contributed by atoms with E-state index in [2.05, 4.69) is 10.6 Å². The SMILES string of the molecule is CCCNC(=O)c1ccccc1NC(=O)C1CC(=O)N(C2CCCCC2)C1. The normalized spacial score (nSPS) is 20.6. The molecule has 1 unspecified atom stereocenters. The van der Waals surface area contributed by atoms with Gasteiger partial charge in [0.1, 0.15) is 0 Å². The molecule has 2 aliphatic rings. The van der Waals surface area contributed by atoms with Gasteiger partial charge in [-0.25, -0.2) is 0 Å². The molecule has 6 heteroatoms. The number of para-hydroxylation sites is 1. The predicted octanol–water partition coefficient (Wildman–Crippen LogP) is 2.95. The third-order valence-corrected chi connectivity index (χ3v) is 5.51. The van der Waals surface area contributed by atoms with E-state index in [1.807, 2.05) is 11.8 Å². The van der Waals surface area contributed by atoms with E-state index in [1.165, 1.54) is 6.42 Å². The van der Waals surface area contributed by atoms with E-state index >= 15 is 0 Å². The van der Waals surface area contributed by atoms with Crippen molar-refractivity contribution in [3.05, 3.63) is 29.8 Å². The minimum absolute atomic E-state index is 0.0797. The first-order valence-electron chi connectivity index (χ1n) is 10.1. The van der Waals surface area contributed by atoms with Crippen molar-refractivity contribution in [2.75, 3.05) is 18.4 Å². The zero-order chi connectivity index (χ0) is 19.2. The first-order valence-corrected chi connectivity index (χ1v) is 10.1. The Morgan fingerprint density at radius 3 is 2.63 bits per heavy atom.